The van der Waals surface area contributed by atoms with E-state index in [1.54, 1.807) is 6.07 Å². The van der Waals surface area contributed by atoms with E-state index in [1.165, 1.54) is 5.56 Å². The maximum Gasteiger partial charge on any atom is 0.0566 e. The molecule has 0 aliphatic rings. The molecule has 0 aliphatic carbocycles. The Balaban J connectivity index is 2.30. The van der Waals surface area contributed by atoms with Crippen LogP contribution in [0.5, 0.6) is 0 Å². The third-order valence-corrected chi connectivity index (χ3v) is 4.80. The van der Waals surface area contributed by atoms with Gasteiger partial charge in [-0.1, -0.05) is 74.3 Å². The van der Waals surface area contributed by atoms with Gasteiger partial charge in [0.15, 0.2) is 0 Å². The number of rotatable bonds is 4. The molecular formula is C18H21Cl2N. The first kappa shape index (κ1) is 16.4. The van der Waals surface area contributed by atoms with E-state index in [4.69, 9.17) is 28.9 Å². The normalized spacial score (nSPS) is 13.2. The SMILES string of the molecule is CCC(C)(C)c1ccc(C(N)c2ccc(Cl)cc2Cl)cc1. The van der Waals surface area contributed by atoms with E-state index in [0.29, 0.717) is 10.0 Å². The Labute approximate surface area is 137 Å². The minimum absolute atomic E-state index is 0.181. The molecule has 0 aromatic heterocycles. The molecule has 0 saturated carbocycles. The fourth-order valence-corrected chi connectivity index (χ4v) is 2.81. The van der Waals surface area contributed by atoms with Crippen LogP contribution in [0.1, 0.15) is 49.9 Å². The lowest BCUT2D eigenvalue weighted by molar-refractivity contribution is 0.506. The van der Waals surface area contributed by atoms with Crippen LogP contribution in [-0.2, 0) is 5.41 Å². The Morgan fingerprint density at radius 3 is 2.19 bits per heavy atom. The summed E-state index contributed by atoms with van der Waals surface area (Å²) in [6.07, 6.45) is 1.10. The molecule has 2 aromatic rings. The van der Waals surface area contributed by atoms with Crippen LogP contribution in [0.2, 0.25) is 10.0 Å². The maximum atomic E-state index is 6.33. The van der Waals surface area contributed by atoms with Crippen molar-refractivity contribution in [2.75, 3.05) is 0 Å². The van der Waals surface area contributed by atoms with Gasteiger partial charge in [-0.3, -0.25) is 0 Å². The van der Waals surface area contributed by atoms with Crippen LogP contribution in [0, 0.1) is 0 Å². The summed E-state index contributed by atoms with van der Waals surface area (Å²) in [5.41, 5.74) is 9.78. The third-order valence-electron chi connectivity index (χ3n) is 4.23. The fourth-order valence-electron chi connectivity index (χ4n) is 2.28. The highest BCUT2D eigenvalue weighted by atomic mass is 35.5. The van der Waals surface area contributed by atoms with Crippen LogP contribution in [0.3, 0.4) is 0 Å². The van der Waals surface area contributed by atoms with Gasteiger partial charge in [-0.05, 0) is 40.7 Å². The Morgan fingerprint density at radius 2 is 1.67 bits per heavy atom. The van der Waals surface area contributed by atoms with Gasteiger partial charge in [-0.2, -0.15) is 0 Å². The van der Waals surface area contributed by atoms with Crippen molar-refractivity contribution in [3.8, 4) is 0 Å². The summed E-state index contributed by atoms with van der Waals surface area (Å²) in [5, 5.41) is 1.23. The van der Waals surface area contributed by atoms with E-state index in [2.05, 4.69) is 45.0 Å². The zero-order valence-electron chi connectivity index (χ0n) is 12.7. The summed E-state index contributed by atoms with van der Waals surface area (Å²) in [4.78, 5) is 0. The predicted octanol–water partition coefficient (Wildman–Crippen LogP) is 5.73. The quantitative estimate of drug-likeness (QED) is 0.764. The molecule has 1 atom stereocenters. The zero-order valence-corrected chi connectivity index (χ0v) is 14.2. The molecule has 0 bridgehead atoms. The van der Waals surface area contributed by atoms with Crippen LogP contribution in [0.4, 0.5) is 0 Å². The number of hydrogen-bond donors (Lipinski definition) is 1. The molecule has 0 amide bonds. The molecule has 2 N–H and O–H groups in total. The van der Waals surface area contributed by atoms with E-state index < -0.39 is 0 Å². The smallest absolute Gasteiger partial charge is 0.0566 e. The maximum absolute atomic E-state index is 6.33. The van der Waals surface area contributed by atoms with E-state index in [1.807, 2.05) is 12.1 Å². The molecule has 0 fully saturated rings. The first-order valence-corrected chi connectivity index (χ1v) is 7.91. The van der Waals surface area contributed by atoms with Crippen molar-refractivity contribution < 1.29 is 0 Å². The summed E-state index contributed by atoms with van der Waals surface area (Å²) in [7, 11) is 0. The van der Waals surface area contributed by atoms with Crippen molar-refractivity contribution in [1.82, 2.24) is 0 Å². The Hall–Kier alpha value is -1.02. The second kappa shape index (κ2) is 6.39. The lowest BCUT2D eigenvalue weighted by Gasteiger charge is -2.24. The molecule has 0 saturated heterocycles. The molecule has 0 heterocycles. The van der Waals surface area contributed by atoms with Crippen molar-refractivity contribution >= 4 is 23.2 Å². The lowest BCUT2D eigenvalue weighted by atomic mass is 9.81. The van der Waals surface area contributed by atoms with Crippen LogP contribution in [-0.4, -0.2) is 0 Å². The summed E-state index contributed by atoms with van der Waals surface area (Å²) in [6, 6.07) is 13.7. The summed E-state index contributed by atoms with van der Waals surface area (Å²) < 4.78 is 0. The Kier molecular flexibility index (Phi) is 4.98. The highest BCUT2D eigenvalue weighted by Crippen LogP contribution is 2.31. The summed E-state index contributed by atoms with van der Waals surface area (Å²) >= 11 is 12.2. The predicted molar refractivity (Wildman–Crippen MR) is 92.3 cm³/mol. The second-order valence-electron chi connectivity index (χ2n) is 6.00. The van der Waals surface area contributed by atoms with Gasteiger partial charge < -0.3 is 5.73 Å². The zero-order chi connectivity index (χ0) is 15.6. The molecule has 3 heteroatoms. The average Bonchev–Trinajstić information content (AvgIpc) is 2.47. The van der Waals surface area contributed by atoms with Crippen molar-refractivity contribution in [2.45, 2.75) is 38.6 Å². The topological polar surface area (TPSA) is 26.0 Å². The average molecular weight is 322 g/mol. The summed E-state index contributed by atoms with van der Waals surface area (Å²) in [5.74, 6) is 0. The van der Waals surface area contributed by atoms with Crippen LogP contribution < -0.4 is 5.73 Å². The van der Waals surface area contributed by atoms with Crippen LogP contribution in [0.15, 0.2) is 42.5 Å². The van der Waals surface area contributed by atoms with Crippen molar-refractivity contribution in [1.29, 1.82) is 0 Å². The highest BCUT2D eigenvalue weighted by Gasteiger charge is 2.19. The summed E-state index contributed by atoms with van der Waals surface area (Å²) in [6.45, 7) is 6.70. The molecule has 0 aliphatic heterocycles. The van der Waals surface area contributed by atoms with Crippen molar-refractivity contribution in [3.05, 3.63) is 69.2 Å². The van der Waals surface area contributed by atoms with Gasteiger partial charge in [-0.25, -0.2) is 0 Å². The Bertz CT molecular complexity index is 618. The van der Waals surface area contributed by atoms with Crippen LogP contribution >= 0.6 is 23.2 Å². The highest BCUT2D eigenvalue weighted by molar-refractivity contribution is 6.35. The largest absolute Gasteiger partial charge is 0.320 e. The van der Waals surface area contributed by atoms with Crippen molar-refractivity contribution in [3.63, 3.8) is 0 Å². The molecule has 2 aromatic carbocycles. The first-order chi connectivity index (χ1) is 9.85. The second-order valence-corrected chi connectivity index (χ2v) is 6.85. The van der Waals surface area contributed by atoms with Crippen LogP contribution in [0.25, 0.3) is 0 Å². The number of nitrogens with two attached hydrogens (primary N) is 1. The minimum atomic E-state index is -0.242. The van der Waals surface area contributed by atoms with Gasteiger partial charge in [0, 0.05) is 10.0 Å². The van der Waals surface area contributed by atoms with Gasteiger partial charge in [0.1, 0.15) is 0 Å². The molecule has 1 nitrogen and oxygen atoms in total. The molecule has 0 spiro atoms. The van der Waals surface area contributed by atoms with Gasteiger partial charge in [-0.15, -0.1) is 0 Å². The van der Waals surface area contributed by atoms with Gasteiger partial charge in [0.05, 0.1) is 6.04 Å². The van der Waals surface area contributed by atoms with E-state index in [9.17, 15) is 0 Å². The lowest BCUT2D eigenvalue weighted by Crippen LogP contribution is -2.16. The van der Waals surface area contributed by atoms with Gasteiger partial charge >= 0.3 is 0 Å². The van der Waals surface area contributed by atoms with E-state index in [0.717, 1.165) is 17.5 Å². The number of benzene rings is 2. The van der Waals surface area contributed by atoms with E-state index >= 15 is 0 Å². The minimum Gasteiger partial charge on any atom is -0.320 e. The third kappa shape index (κ3) is 3.60. The molecule has 1 unspecified atom stereocenters. The molecule has 21 heavy (non-hydrogen) atoms. The monoisotopic (exact) mass is 321 g/mol. The molecule has 2 rings (SSSR count). The van der Waals surface area contributed by atoms with Crippen molar-refractivity contribution in [2.24, 2.45) is 5.73 Å². The molecular weight excluding hydrogens is 301 g/mol. The fraction of sp³-hybridized carbons (Fsp3) is 0.333. The number of hydrogen-bond acceptors (Lipinski definition) is 1. The standard InChI is InChI=1S/C18H21Cl2N/c1-4-18(2,3)13-7-5-12(6-8-13)17(21)15-10-9-14(19)11-16(15)20/h5-11,17H,4,21H2,1-3H3. The first-order valence-electron chi connectivity index (χ1n) is 7.16. The Morgan fingerprint density at radius 1 is 1.05 bits per heavy atom. The van der Waals surface area contributed by atoms with Gasteiger partial charge in [0.2, 0.25) is 0 Å². The number of halogens is 2. The van der Waals surface area contributed by atoms with Gasteiger partial charge in [0.25, 0.3) is 0 Å². The van der Waals surface area contributed by atoms with E-state index in [-0.39, 0.29) is 11.5 Å². The molecule has 0 radical (unpaired) electrons. The molecule has 112 valence electrons.